The molecule has 0 aliphatic heterocycles. The zero-order valence-corrected chi connectivity index (χ0v) is 19.5. The first kappa shape index (κ1) is 23.4. The maximum absolute atomic E-state index is 12.1. The lowest BCUT2D eigenvalue weighted by Crippen LogP contribution is -2.21. The lowest BCUT2D eigenvalue weighted by molar-refractivity contribution is 0.0536. The number of nitrogens with one attached hydrogen (secondary N) is 1. The molecule has 9 heteroatoms. The predicted octanol–water partition coefficient (Wildman–Crippen LogP) is 3.50. The van der Waals surface area contributed by atoms with Crippen molar-refractivity contribution in [1.29, 1.82) is 0 Å². The SMILES string of the molecule is CCCS(=O)(=O)Nc1ccc(-c2c(N)c3ccc(OC[C@@H](O)CO)cc3n2C2CCC2)cc1. The number of rotatable bonds is 10. The molecule has 178 valence electrons. The van der Waals surface area contributed by atoms with Gasteiger partial charge in [0.15, 0.2) is 0 Å². The molecule has 1 heterocycles. The Bertz CT molecular complexity index is 1220. The van der Waals surface area contributed by atoms with Crippen molar-refractivity contribution in [3.63, 3.8) is 0 Å². The maximum atomic E-state index is 12.1. The van der Waals surface area contributed by atoms with Crippen molar-refractivity contribution < 1.29 is 23.4 Å². The second-order valence-electron chi connectivity index (χ2n) is 8.54. The summed E-state index contributed by atoms with van der Waals surface area (Å²) in [6.45, 7) is 1.47. The molecule has 8 nitrogen and oxygen atoms in total. The summed E-state index contributed by atoms with van der Waals surface area (Å²) in [5.74, 6) is 0.678. The summed E-state index contributed by atoms with van der Waals surface area (Å²) in [6.07, 6.45) is 2.88. The number of anilines is 2. The van der Waals surface area contributed by atoms with Crippen molar-refractivity contribution in [2.75, 3.05) is 29.4 Å². The number of sulfonamides is 1. The summed E-state index contributed by atoms with van der Waals surface area (Å²) in [7, 11) is -3.35. The van der Waals surface area contributed by atoms with Crippen LogP contribution >= 0.6 is 0 Å². The molecule has 1 atom stereocenters. The number of aromatic nitrogens is 1. The van der Waals surface area contributed by atoms with Gasteiger partial charge in [-0.1, -0.05) is 19.1 Å². The number of aliphatic hydroxyl groups excluding tert-OH is 2. The van der Waals surface area contributed by atoms with Crippen LogP contribution in [0.3, 0.4) is 0 Å². The zero-order chi connectivity index (χ0) is 23.6. The minimum atomic E-state index is -3.35. The highest BCUT2D eigenvalue weighted by atomic mass is 32.2. The van der Waals surface area contributed by atoms with Crippen molar-refractivity contribution in [1.82, 2.24) is 4.57 Å². The molecule has 0 bridgehead atoms. The number of nitrogen functional groups attached to an aromatic ring is 1. The molecule has 1 fully saturated rings. The Kier molecular flexibility index (Phi) is 6.83. The fourth-order valence-electron chi connectivity index (χ4n) is 4.17. The molecule has 1 aliphatic rings. The fourth-order valence-corrected chi connectivity index (χ4v) is 5.30. The molecule has 1 aliphatic carbocycles. The van der Waals surface area contributed by atoms with E-state index in [1.54, 1.807) is 12.1 Å². The summed E-state index contributed by atoms with van der Waals surface area (Å²) >= 11 is 0. The maximum Gasteiger partial charge on any atom is 0.232 e. The largest absolute Gasteiger partial charge is 0.491 e. The van der Waals surface area contributed by atoms with E-state index in [1.165, 1.54) is 0 Å². The monoisotopic (exact) mass is 473 g/mol. The van der Waals surface area contributed by atoms with Crippen LogP contribution in [0.1, 0.15) is 38.6 Å². The predicted molar refractivity (Wildman–Crippen MR) is 131 cm³/mol. The summed E-state index contributed by atoms with van der Waals surface area (Å²) in [5.41, 5.74) is 10.6. The van der Waals surface area contributed by atoms with Gasteiger partial charge in [0, 0.05) is 28.7 Å². The molecule has 0 radical (unpaired) electrons. The Balaban J connectivity index is 1.71. The van der Waals surface area contributed by atoms with Crippen molar-refractivity contribution >= 4 is 32.3 Å². The van der Waals surface area contributed by atoms with Gasteiger partial charge in [-0.05, 0) is 49.9 Å². The molecule has 3 aromatic rings. The van der Waals surface area contributed by atoms with E-state index < -0.39 is 16.1 Å². The topological polar surface area (TPSA) is 127 Å². The number of fused-ring (bicyclic) bond motifs is 1. The van der Waals surface area contributed by atoms with Crippen LogP contribution in [0.25, 0.3) is 22.2 Å². The molecule has 1 saturated carbocycles. The van der Waals surface area contributed by atoms with E-state index in [-0.39, 0.29) is 19.0 Å². The molecule has 0 amide bonds. The van der Waals surface area contributed by atoms with Gasteiger partial charge in [-0.15, -0.1) is 0 Å². The number of aliphatic hydroxyl groups is 2. The lowest BCUT2D eigenvalue weighted by Gasteiger charge is -2.30. The smallest absolute Gasteiger partial charge is 0.232 e. The van der Waals surface area contributed by atoms with Crippen LogP contribution < -0.4 is 15.2 Å². The van der Waals surface area contributed by atoms with E-state index in [4.69, 9.17) is 15.6 Å². The van der Waals surface area contributed by atoms with Crippen LogP contribution in [0.2, 0.25) is 0 Å². The number of hydrogen-bond donors (Lipinski definition) is 4. The fraction of sp³-hybridized carbons (Fsp3) is 0.417. The molecule has 0 saturated heterocycles. The van der Waals surface area contributed by atoms with Gasteiger partial charge in [-0.3, -0.25) is 4.72 Å². The second-order valence-corrected chi connectivity index (χ2v) is 10.4. The first-order chi connectivity index (χ1) is 15.8. The molecule has 4 rings (SSSR count). The van der Waals surface area contributed by atoms with E-state index in [2.05, 4.69) is 9.29 Å². The van der Waals surface area contributed by atoms with Gasteiger partial charge < -0.3 is 25.3 Å². The third kappa shape index (κ3) is 4.95. The lowest BCUT2D eigenvalue weighted by atomic mass is 9.92. The molecule has 0 spiro atoms. The molecular weight excluding hydrogens is 442 g/mol. The molecule has 33 heavy (non-hydrogen) atoms. The second kappa shape index (κ2) is 9.62. The van der Waals surface area contributed by atoms with E-state index in [9.17, 15) is 13.5 Å². The normalized spacial score (nSPS) is 15.4. The Morgan fingerprint density at radius 3 is 2.55 bits per heavy atom. The van der Waals surface area contributed by atoms with E-state index in [1.807, 2.05) is 37.3 Å². The van der Waals surface area contributed by atoms with Crippen LogP contribution in [-0.4, -0.2) is 48.3 Å². The van der Waals surface area contributed by atoms with E-state index in [0.29, 0.717) is 29.6 Å². The van der Waals surface area contributed by atoms with Crippen LogP contribution in [0.4, 0.5) is 11.4 Å². The highest BCUT2D eigenvalue weighted by molar-refractivity contribution is 7.92. The minimum absolute atomic E-state index is 0.00385. The van der Waals surface area contributed by atoms with Crippen LogP contribution in [-0.2, 0) is 10.0 Å². The highest BCUT2D eigenvalue weighted by Gasteiger charge is 2.27. The minimum Gasteiger partial charge on any atom is -0.491 e. The quantitative estimate of drug-likeness (QED) is 0.357. The Morgan fingerprint density at radius 1 is 1.21 bits per heavy atom. The van der Waals surface area contributed by atoms with Gasteiger partial charge >= 0.3 is 0 Å². The third-order valence-electron chi connectivity index (χ3n) is 6.01. The van der Waals surface area contributed by atoms with Gasteiger partial charge in [0.05, 0.1) is 29.3 Å². The molecule has 2 aromatic carbocycles. The highest BCUT2D eigenvalue weighted by Crippen LogP contribution is 2.44. The molecule has 5 N–H and O–H groups in total. The summed E-state index contributed by atoms with van der Waals surface area (Å²) in [4.78, 5) is 0. The summed E-state index contributed by atoms with van der Waals surface area (Å²) in [6, 6.07) is 13.3. The van der Waals surface area contributed by atoms with Gasteiger partial charge in [-0.2, -0.15) is 0 Å². The number of benzene rings is 2. The van der Waals surface area contributed by atoms with E-state index >= 15 is 0 Å². The number of nitrogens with zero attached hydrogens (tertiary/aromatic N) is 1. The van der Waals surface area contributed by atoms with E-state index in [0.717, 1.165) is 41.4 Å². The standard InChI is InChI=1S/C24H31N3O5S/c1-2-12-33(30,31)26-17-8-6-16(7-9-17)24-23(25)21-11-10-20(32-15-19(29)14-28)13-22(21)27(24)18-4-3-5-18/h6-11,13,18-19,26,28-29H,2-5,12,14-15,25H2,1H3/t19-/m0/s1. The molecule has 1 aromatic heterocycles. The van der Waals surface area contributed by atoms with Gasteiger partial charge in [-0.25, -0.2) is 8.42 Å². The van der Waals surface area contributed by atoms with Gasteiger partial charge in [0.25, 0.3) is 0 Å². The average molecular weight is 474 g/mol. The van der Waals surface area contributed by atoms with Crippen LogP contribution in [0, 0.1) is 0 Å². The third-order valence-corrected chi connectivity index (χ3v) is 7.50. The Labute approximate surface area is 194 Å². The van der Waals surface area contributed by atoms with Crippen LogP contribution in [0.5, 0.6) is 5.75 Å². The Hall–Kier alpha value is -2.75. The van der Waals surface area contributed by atoms with Crippen molar-refractivity contribution in [2.24, 2.45) is 0 Å². The zero-order valence-electron chi connectivity index (χ0n) is 18.7. The van der Waals surface area contributed by atoms with Gasteiger partial charge in [0.2, 0.25) is 10.0 Å². The molecular formula is C24H31N3O5S. The van der Waals surface area contributed by atoms with Crippen molar-refractivity contribution in [3.8, 4) is 17.0 Å². The summed E-state index contributed by atoms with van der Waals surface area (Å²) in [5, 5.41) is 19.5. The number of ether oxygens (including phenoxy) is 1. The first-order valence-corrected chi connectivity index (χ1v) is 12.9. The van der Waals surface area contributed by atoms with Crippen LogP contribution in [0.15, 0.2) is 42.5 Å². The summed E-state index contributed by atoms with van der Waals surface area (Å²) < 4.78 is 34.7. The van der Waals surface area contributed by atoms with Crippen molar-refractivity contribution in [3.05, 3.63) is 42.5 Å². The average Bonchev–Trinajstić information content (AvgIpc) is 3.03. The Morgan fingerprint density at radius 2 is 1.94 bits per heavy atom. The molecule has 0 unspecified atom stereocenters. The first-order valence-electron chi connectivity index (χ1n) is 11.3. The van der Waals surface area contributed by atoms with Gasteiger partial charge in [0.1, 0.15) is 18.5 Å². The van der Waals surface area contributed by atoms with Crippen molar-refractivity contribution in [2.45, 2.75) is 44.8 Å². The number of nitrogens with two attached hydrogens (primary N) is 1. The number of hydrogen-bond acceptors (Lipinski definition) is 6.